The number of phenols is 1. The molecule has 1 aliphatic heterocycles. The first kappa shape index (κ1) is 12.5. The molecule has 0 bridgehead atoms. The lowest BCUT2D eigenvalue weighted by Crippen LogP contribution is -2.45. The highest BCUT2D eigenvalue weighted by molar-refractivity contribution is 9.10. The van der Waals surface area contributed by atoms with Gasteiger partial charge in [-0.3, -0.25) is 4.90 Å². The summed E-state index contributed by atoms with van der Waals surface area (Å²) in [4.78, 5) is 2.52. The van der Waals surface area contributed by atoms with Crippen LogP contribution in [0.5, 0.6) is 5.75 Å². The molecule has 3 nitrogen and oxygen atoms in total. The second-order valence-corrected chi connectivity index (χ2v) is 6.19. The third-order valence-corrected chi connectivity index (χ3v) is 4.42. The standard InChI is InChI=1S/C14H19BrN2O/c15-11-3-4-12(13(18)9-11)14(10-1-2-10)17-7-5-16-6-8-17/h3-4,9-10,14,16,18H,1-2,5-8H2/t14-/m0/s1. The molecule has 1 heterocycles. The fourth-order valence-corrected chi connectivity index (χ4v) is 3.24. The minimum Gasteiger partial charge on any atom is -0.508 e. The number of nitrogens with one attached hydrogen (secondary N) is 1. The van der Waals surface area contributed by atoms with Gasteiger partial charge in [-0.25, -0.2) is 0 Å². The SMILES string of the molecule is Oc1cc(Br)ccc1[C@H](C1CC1)N1CCNCC1. The van der Waals surface area contributed by atoms with Crippen LogP contribution in [0, 0.1) is 5.92 Å². The number of halogens is 1. The Morgan fingerprint density at radius 3 is 2.61 bits per heavy atom. The fourth-order valence-electron chi connectivity index (χ4n) is 2.89. The smallest absolute Gasteiger partial charge is 0.121 e. The molecule has 1 aromatic rings. The summed E-state index contributed by atoms with van der Waals surface area (Å²) in [5, 5.41) is 13.6. The third-order valence-electron chi connectivity index (χ3n) is 3.92. The zero-order valence-corrected chi connectivity index (χ0v) is 12.0. The molecule has 2 fully saturated rings. The second-order valence-electron chi connectivity index (χ2n) is 5.27. The lowest BCUT2D eigenvalue weighted by molar-refractivity contribution is 0.153. The van der Waals surface area contributed by atoms with E-state index in [1.807, 2.05) is 12.1 Å². The van der Waals surface area contributed by atoms with Crippen molar-refractivity contribution in [3.63, 3.8) is 0 Å². The lowest BCUT2D eigenvalue weighted by atomic mass is 9.99. The van der Waals surface area contributed by atoms with Crippen molar-refractivity contribution in [1.82, 2.24) is 10.2 Å². The summed E-state index contributed by atoms with van der Waals surface area (Å²) >= 11 is 3.41. The van der Waals surface area contributed by atoms with Gasteiger partial charge >= 0.3 is 0 Å². The van der Waals surface area contributed by atoms with Crippen molar-refractivity contribution in [2.75, 3.05) is 26.2 Å². The highest BCUT2D eigenvalue weighted by Gasteiger charge is 2.37. The van der Waals surface area contributed by atoms with Crippen molar-refractivity contribution in [3.8, 4) is 5.75 Å². The Kier molecular flexibility index (Phi) is 3.59. The molecule has 2 N–H and O–H groups in total. The first-order chi connectivity index (χ1) is 8.75. The van der Waals surface area contributed by atoms with Crippen molar-refractivity contribution < 1.29 is 5.11 Å². The molecule has 1 atom stereocenters. The topological polar surface area (TPSA) is 35.5 Å². The average molecular weight is 311 g/mol. The van der Waals surface area contributed by atoms with Gasteiger partial charge < -0.3 is 10.4 Å². The van der Waals surface area contributed by atoms with E-state index in [0.717, 1.165) is 42.1 Å². The largest absolute Gasteiger partial charge is 0.508 e. The maximum absolute atomic E-state index is 10.2. The molecule has 98 valence electrons. The lowest BCUT2D eigenvalue weighted by Gasteiger charge is -2.35. The normalized spacial score (nSPS) is 22.9. The second kappa shape index (κ2) is 5.19. The Hall–Kier alpha value is -0.580. The van der Waals surface area contributed by atoms with Gasteiger partial charge in [0.25, 0.3) is 0 Å². The number of rotatable bonds is 3. The minimum absolute atomic E-state index is 0.403. The van der Waals surface area contributed by atoms with Crippen LogP contribution in [0.2, 0.25) is 0 Å². The van der Waals surface area contributed by atoms with E-state index in [2.05, 4.69) is 32.2 Å². The fraction of sp³-hybridized carbons (Fsp3) is 0.571. The first-order valence-electron chi connectivity index (χ1n) is 6.69. The van der Waals surface area contributed by atoms with E-state index in [-0.39, 0.29) is 0 Å². The predicted octanol–water partition coefficient (Wildman–Crippen LogP) is 2.51. The van der Waals surface area contributed by atoms with Crippen molar-refractivity contribution >= 4 is 15.9 Å². The summed E-state index contributed by atoms with van der Waals surface area (Å²) in [7, 11) is 0. The van der Waals surface area contributed by atoms with Gasteiger partial charge in [-0.1, -0.05) is 22.0 Å². The third kappa shape index (κ3) is 2.56. The molecule has 1 saturated heterocycles. The number of phenolic OH excluding ortho intramolecular Hbond substituents is 1. The zero-order chi connectivity index (χ0) is 12.5. The van der Waals surface area contributed by atoms with Crippen LogP contribution >= 0.6 is 15.9 Å². The van der Waals surface area contributed by atoms with Crippen LogP contribution in [0.4, 0.5) is 0 Å². The molecule has 0 unspecified atom stereocenters. The number of piperazine rings is 1. The van der Waals surface area contributed by atoms with E-state index >= 15 is 0 Å². The summed E-state index contributed by atoms with van der Waals surface area (Å²) in [6.07, 6.45) is 2.59. The van der Waals surface area contributed by atoms with Gasteiger partial charge in [0.05, 0.1) is 0 Å². The summed E-state index contributed by atoms with van der Waals surface area (Å²) in [6.45, 7) is 4.27. The van der Waals surface area contributed by atoms with Crippen LogP contribution in [0.1, 0.15) is 24.4 Å². The predicted molar refractivity (Wildman–Crippen MR) is 75.7 cm³/mol. The molecule has 0 aromatic heterocycles. The molecular formula is C14H19BrN2O. The van der Waals surface area contributed by atoms with E-state index in [1.54, 1.807) is 0 Å². The Morgan fingerprint density at radius 2 is 2.00 bits per heavy atom. The zero-order valence-electron chi connectivity index (χ0n) is 10.4. The highest BCUT2D eigenvalue weighted by Crippen LogP contribution is 2.47. The molecular weight excluding hydrogens is 292 g/mol. The van der Waals surface area contributed by atoms with Gasteiger partial charge in [0.1, 0.15) is 5.75 Å². The van der Waals surface area contributed by atoms with E-state index in [0.29, 0.717) is 11.8 Å². The van der Waals surface area contributed by atoms with Gasteiger partial charge in [-0.2, -0.15) is 0 Å². The van der Waals surface area contributed by atoms with Crippen molar-refractivity contribution in [2.45, 2.75) is 18.9 Å². The van der Waals surface area contributed by atoms with Crippen LogP contribution in [0.3, 0.4) is 0 Å². The van der Waals surface area contributed by atoms with E-state index in [1.165, 1.54) is 12.8 Å². The number of aromatic hydroxyl groups is 1. The molecule has 1 saturated carbocycles. The monoisotopic (exact) mass is 310 g/mol. The molecule has 1 aromatic carbocycles. The maximum atomic E-state index is 10.2. The van der Waals surface area contributed by atoms with Crippen LogP contribution in [0.15, 0.2) is 22.7 Å². The van der Waals surface area contributed by atoms with Gasteiger partial charge in [0.15, 0.2) is 0 Å². The Balaban J connectivity index is 1.88. The van der Waals surface area contributed by atoms with Crippen molar-refractivity contribution in [3.05, 3.63) is 28.2 Å². The Bertz CT molecular complexity index is 428. The van der Waals surface area contributed by atoms with Gasteiger partial charge in [0.2, 0.25) is 0 Å². The molecule has 0 radical (unpaired) electrons. The van der Waals surface area contributed by atoms with E-state index < -0.39 is 0 Å². The average Bonchev–Trinajstić information content (AvgIpc) is 3.18. The summed E-state index contributed by atoms with van der Waals surface area (Å²) in [5.74, 6) is 1.16. The van der Waals surface area contributed by atoms with Gasteiger partial charge in [0, 0.05) is 42.3 Å². The Morgan fingerprint density at radius 1 is 1.28 bits per heavy atom. The van der Waals surface area contributed by atoms with Crippen molar-refractivity contribution in [2.24, 2.45) is 5.92 Å². The summed E-state index contributed by atoms with van der Waals surface area (Å²) in [6, 6.07) is 6.32. The first-order valence-corrected chi connectivity index (χ1v) is 7.48. The van der Waals surface area contributed by atoms with E-state index in [4.69, 9.17) is 0 Å². The van der Waals surface area contributed by atoms with Crippen molar-refractivity contribution in [1.29, 1.82) is 0 Å². The molecule has 1 aliphatic carbocycles. The summed E-state index contributed by atoms with van der Waals surface area (Å²) < 4.78 is 0.943. The number of benzene rings is 1. The molecule has 4 heteroatoms. The van der Waals surface area contributed by atoms with Gasteiger partial charge in [-0.05, 0) is 30.9 Å². The number of hydrogen-bond acceptors (Lipinski definition) is 3. The molecule has 2 aliphatic rings. The summed E-state index contributed by atoms with van der Waals surface area (Å²) in [5.41, 5.74) is 1.10. The minimum atomic E-state index is 0.403. The molecule has 18 heavy (non-hydrogen) atoms. The highest BCUT2D eigenvalue weighted by atomic mass is 79.9. The van der Waals surface area contributed by atoms with Crippen LogP contribution < -0.4 is 5.32 Å². The van der Waals surface area contributed by atoms with Crippen LogP contribution in [-0.4, -0.2) is 36.2 Å². The van der Waals surface area contributed by atoms with Crippen LogP contribution in [-0.2, 0) is 0 Å². The van der Waals surface area contributed by atoms with E-state index in [9.17, 15) is 5.11 Å². The Labute approximate surface area is 116 Å². The maximum Gasteiger partial charge on any atom is 0.121 e. The molecule has 3 rings (SSSR count). The molecule has 0 amide bonds. The number of nitrogens with zero attached hydrogens (tertiary/aromatic N) is 1. The molecule has 0 spiro atoms. The van der Waals surface area contributed by atoms with Crippen LogP contribution in [0.25, 0.3) is 0 Å². The quantitative estimate of drug-likeness (QED) is 0.900. The van der Waals surface area contributed by atoms with Gasteiger partial charge in [-0.15, -0.1) is 0 Å². The number of hydrogen-bond donors (Lipinski definition) is 2.